The molecule has 2 rings (SSSR count). The van der Waals surface area contributed by atoms with Crippen molar-refractivity contribution in [3.8, 4) is 0 Å². The van der Waals surface area contributed by atoms with Crippen LogP contribution in [0.2, 0.25) is 11.1 Å². The van der Waals surface area contributed by atoms with Gasteiger partial charge < -0.3 is 0 Å². The van der Waals surface area contributed by atoms with E-state index in [9.17, 15) is 0 Å². The van der Waals surface area contributed by atoms with E-state index < -0.39 is 0 Å². The molecule has 0 aromatic rings. The molecule has 0 aliphatic heterocycles. The molecule has 0 N–H and O–H groups in total. The maximum Gasteiger partial charge on any atom is 0.0304 e. The average molecular weight is 219 g/mol. The van der Waals surface area contributed by atoms with E-state index in [0.29, 0.717) is 5.04 Å². The molecule has 0 atom stereocenters. The standard InChI is InChI=1S/C14H23Si/c1-14(2,3)15-10-11-8-12-6-4-5-7-13(12)9-11/h8-9H,4-7,10,15H2,1-3H3. The molecule has 1 radical (unpaired) electrons. The van der Waals surface area contributed by atoms with E-state index in [1.54, 1.807) is 16.7 Å². The smallest absolute Gasteiger partial charge is 0.0304 e. The summed E-state index contributed by atoms with van der Waals surface area (Å²) in [6.07, 6.45) is 10.5. The molecule has 2 aliphatic rings. The van der Waals surface area contributed by atoms with Crippen molar-refractivity contribution >= 4 is 9.52 Å². The molecule has 0 aromatic carbocycles. The fourth-order valence-electron chi connectivity index (χ4n) is 2.43. The lowest BCUT2D eigenvalue weighted by Crippen LogP contribution is -2.08. The zero-order valence-electron chi connectivity index (χ0n) is 10.4. The van der Waals surface area contributed by atoms with E-state index in [0.717, 1.165) is 0 Å². The molecule has 0 amide bonds. The lowest BCUT2D eigenvalue weighted by atomic mass is 9.94. The maximum absolute atomic E-state index is 2.49. The second-order valence-corrected chi connectivity index (χ2v) is 9.30. The molecular formula is C14H23Si. The second-order valence-electron chi connectivity index (χ2n) is 6.18. The van der Waals surface area contributed by atoms with E-state index >= 15 is 0 Å². The van der Waals surface area contributed by atoms with Crippen LogP contribution < -0.4 is 0 Å². The largest absolute Gasteiger partial charge is 0.0650 e. The van der Waals surface area contributed by atoms with Gasteiger partial charge in [0.05, 0.1) is 0 Å². The van der Waals surface area contributed by atoms with Gasteiger partial charge in [-0.05, 0) is 42.3 Å². The van der Waals surface area contributed by atoms with Crippen molar-refractivity contribution in [2.24, 2.45) is 0 Å². The molecule has 15 heavy (non-hydrogen) atoms. The summed E-state index contributed by atoms with van der Waals surface area (Å²) in [7, 11) is 0.0538. The monoisotopic (exact) mass is 219 g/mol. The second kappa shape index (κ2) is 4.29. The molecule has 0 nitrogen and oxygen atoms in total. The topological polar surface area (TPSA) is 0 Å². The summed E-state index contributed by atoms with van der Waals surface area (Å²) in [6, 6.07) is 1.40. The van der Waals surface area contributed by atoms with Gasteiger partial charge in [0.1, 0.15) is 0 Å². The van der Waals surface area contributed by atoms with E-state index in [1.807, 2.05) is 0 Å². The van der Waals surface area contributed by atoms with Crippen molar-refractivity contribution in [1.29, 1.82) is 0 Å². The minimum Gasteiger partial charge on any atom is -0.0650 e. The van der Waals surface area contributed by atoms with Crippen LogP contribution in [0, 0.1) is 6.42 Å². The molecule has 0 aromatic heterocycles. The van der Waals surface area contributed by atoms with E-state index in [1.165, 1.54) is 31.7 Å². The van der Waals surface area contributed by atoms with Gasteiger partial charge in [-0.25, -0.2) is 0 Å². The highest BCUT2D eigenvalue weighted by molar-refractivity contribution is 6.40. The quantitative estimate of drug-likeness (QED) is 0.620. The zero-order chi connectivity index (χ0) is 10.9. The van der Waals surface area contributed by atoms with Crippen LogP contribution in [0.4, 0.5) is 0 Å². The molecule has 0 saturated carbocycles. The Hall–Kier alpha value is -0.303. The average Bonchev–Trinajstić information content (AvgIpc) is 2.56. The third-order valence-corrected chi connectivity index (χ3v) is 5.76. The number of allylic oxidation sites excluding steroid dienone is 4. The van der Waals surface area contributed by atoms with E-state index in [2.05, 4.69) is 33.3 Å². The highest BCUT2D eigenvalue weighted by Gasteiger charge is 2.20. The van der Waals surface area contributed by atoms with Crippen LogP contribution in [0.15, 0.2) is 22.8 Å². The Labute approximate surface area is 96.7 Å². The molecule has 0 fully saturated rings. The fraction of sp³-hybridized carbons (Fsp3) is 0.643. The molecule has 0 heterocycles. The summed E-state index contributed by atoms with van der Waals surface area (Å²) in [5.41, 5.74) is 4.97. The molecule has 83 valence electrons. The first kappa shape index (κ1) is 11.2. The SMILES string of the molecule is CC(C)(C)[SiH2]CC1=CC2=C([CH]1)CCCC2. The third kappa shape index (κ3) is 3.07. The van der Waals surface area contributed by atoms with Gasteiger partial charge in [-0.3, -0.25) is 0 Å². The maximum atomic E-state index is 2.49. The molecular weight excluding hydrogens is 196 g/mol. The van der Waals surface area contributed by atoms with Gasteiger partial charge in [-0.2, -0.15) is 0 Å². The van der Waals surface area contributed by atoms with Crippen molar-refractivity contribution in [1.82, 2.24) is 0 Å². The molecule has 0 spiro atoms. The van der Waals surface area contributed by atoms with Gasteiger partial charge >= 0.3 is 0 Å². The van der Waals surface area contributed by atoms with Crippen LogP contribution in [0.5, 0.6) is 0 Å². The Morgan fingerprint density at radius 3 is 2.40 bits per heavy atom. The number of hydrogen-bond donors (Lipinski definition) is 0. The van der Waals surface area contributed by atoms with Gasteiger partial charge in [0.25, 0.3) is 0 Å². The summed E-state index contributed by atoms with van der Waals surface area (Å²) in [5.74, 6) is 0. The summed E-state index contributed by atoms with van der Waals surface area (Å²) in [4.78, 5) is 0. The summed E-state index contributed by atoms with van der Waals surface area (Å²) < 4.78 is 0. The first-order valence-corrected chi connectivity index (χ1v) is 8.03. The van der Waals surface area contributed by atoms with Crippen LogP contribution in [0.3, 0.4) is 0 Å². The van der Waals surface area contributed by atoms with Crippen molar-refractivity contribution in [2.75, 3.05) is 0 Å². The Morgan fingerprint density at radius 1 is 1.13 bits per heavy atom. The van der Waals surface area contributed by atoms with Gasteiger partial charge in [0, 0.05) is 15.9 Å². The minimum atomic E-state index is 0.0538. The summed E-state index contributed by atoms with van der Waals surface area (Å²) in [6.45, 7) is 7.17. The predicted octanol–water partition coefficient (Wildman–Crippen LogP) is 3.81. The highest BCUT2D eigenvalue weighted by Crippen LogP contribution is 2.37. The number of rotatable bonds is 2. The van der Waals surface area contributed by atoms with Crippen LogP contribution in [-0.2, 0) is 0 Å². The van der Waals surface area contributed by atoms with Crippen LogP contribution in [0.1, 0.15) is 46.5 Å². The van der Waals surface area contributed by atoms with Gasteiger partial charge in [-0.1, -0.05) is 38.0 Å². The number of hydrogen-bond acceptors (Lipinski definition) is 0. The Morgan fingerprint density at radius 2 is 1.80 bits per heavy atom. The highest BCUT2D eigenvalue weighted by atomic mass is 28.2. The molecule has 2 aliphatic carbocycles. The minimum absolute atomic E-state index is 0.0538. The van der Waals surface area contributed by atoms with Crippen LogP contribution >= 0.6 is 0 Å². The zero-order valence-corrected chi connectivity index (χ0v) is 11.8. The van der Waals surface area contributed by atoms with Crippen molar-refractivity contribution in [2.45, 2.75) is 57.5 Å². The van der Waals surface area contributed by atoms with Crippen LogP contribution in [0.25, 0.3) is 0 Å². The first-order chi connectivity index (χ1) is 7.04. The lowest BCUT2D eigenvalue weighted by molar-refractivity contribution is 0.693. The van der Waals surface area contributed by atoms with E-state index in [-0.39, 0.29) is 9.52 Å². The normalized spacial score (nSPS) is 22.5. The Balaban J connectivity index is 1.88. The summed E-state index contributed by atoms with van der Waals surface area (Å²) >= 11 is 0. The molecule has 0 saturated heterocycles. The van der Waals surface area contributed by atoms with E-state index in [4.69, 9.17) is 0 Å². The Kier molecular flexibility index (Phi) is 3.20. The first-order valence-electron chi connectivity index (χ1n) is 6.32. The van der Waals surface area contributed by atoms with Crippen molar-refractivity contribution in [3.05, 3.63) is 29.2 Å². The van der Waals surface area contributed by atoms with Gasteiger partial charge in [0.2, 0.25) is 0 Å². The van der Waals surface area contributed by atoms with Gasteiger partial charge in [-0.15, -0.1) is 0 Å². The van der Waals surface area contributed by atoms with Gasteiger partial charge in [0.15, 0.2) is 0 Å². The van der Waals surface area contributed by atoms with Crippen molar-refractivity contribution in [3.63, 3.8) is 0 Å². The van der Waals surface area contributed by atoms with Crippen molar-refractivity contribution < 1.29 is 0 Å². The molecule has 1 heteroatoms. The molecule has 0 bridgehead atoms. The Bertz CT molecular complexity index is 302. The predicted molar refractivity (Wildman–Crippen MR) is 70.9 cm³/mol. The third-order valence-electron chi connectivity index (χ3n) is 3.44. The summed E-state index contributed by atoms with van der Waals surface area (Å²) in [5, 5.41) is 0.609. The lowest BCUT2D eigenvalue weighted by Gasteiger charge is -2.17. The molecule has 0 unspecified atom stereocenters. The van der Waals surface area contributed by atoms with Crippen LogP contribution in [-0.4, -0.2) is 9.52 Å². The fourth-order valence-corrected chi connectivity index (χ4v) is 3.76.